The predicted molar refractivity (Wildman–Crippen MR) is 75.0 cm³/mol. The molecule has 0 aliphatic carbocycles. The summed E-state index contributed by atoms with van der Waals surface area (Å²) in [4.78, 5) is 13.0. The highest BCUT2D eigenvalue weighted by Gasteiger charge is 2.14. The quantitative estimate of drug-likeness (QED) is 0.802. The zero-order valence-electron chi connectivity index (χ0n) is 9.90. The van der Waals surface area contributed by atoms with Crippen molar-refractivity contribution >= 4 is 33.0 Å². The van der Waals surface area contributed by atoms with Crippen LogP contribution in [0.5, 0.6) is 11.5 Å². The number of thiophene rings is 1. The zero-order valence-corrected chi connectivity index (χ0v) is 12.3. The molecule has 0 bridgehead atoms. The van der Waals surface area contributed by atoms with E-state index in [0.717, 1.165) is 3.79 Å². The summed E-state index contributed by atoms with van der Waals surface area (Å²) in [6, 6.07) is 8.80. The van der Waals surface area contributed by atoms with Gasteiger partial charge in [0.2, 0.25) is 5.78 Å². The number of ether oxygens (including phenoxy) is 2. The molecule has 1 aromatic carbocycles. The summed E-state index contributed by atoms with van der Waals surface area (Å²) < 4.78 is 11.2. The third kappa shape index (κ3) is 2.73. The summed E-state index contributed by atoms with van der Waals surface area (Å²) in [5.41, 5.74) is 0.556. The van der Waals surface area contributed by atoms with Crippen LogP contribution in [0.25, 0.3) is 0 Å². The monoisotopic (exact) mass is 326 g/mol. The Balaban J connectivity index is 2.40. The first-order valence-corrected chi connectivity index (χ1v) is 6.78. The van der Waals surface area contributed by atoms with Gasteiger partial charge in [-0.1, -0.05) is 0 Å². The van der Waals surface area contributed by atoms with Gasteiger partial charge in [-0.25, -0.2) is 0 Å². The first kappa shape index (κ1) is 13.1. The summed E-state index contributed by atoms with van der Waals surface area (Å²) >= 11 is 4.75. The molecule has 0 spiro atoms. The molecule has 1 aromatic heterocycles. The average Bonchev–Trinajstić information content (AvgIpc) is 2.83. The van der Waals surface area contributed by atoms with E-state index in [9.17, 15) is 4.79 Å². The third-order valence-corrected chi connectivity index (χ3v) is 4.03. The lowest BCUT2D eigenvalue weighted by Gasteiger charge is -2.07. The van der Waals surface area contributed by atoms with Crippen LogP contribution >= 0.6 is 27.3 Å². The fourth-order valence-corrected chi connectivity index (χ4v) is 2.87. The molecule has 0 aliphatic rings. The van der Waals surface area contributed by atoms with Crippen molar-refractivity contribution < 1.29 is 14.3 Å². The Morgan fingerprint density at radius 1 is 1.11 bits per heavy atom. The van der Waals surface area contributed by atoms with Gasteiger partial charge in [0, 0.05) is 11.6 Å². The van der Waals surface area contributed by atoms with Crippen LogP contribution in [-0.2, 0) is 0 Å². The zero-order chi connectivity index (χ0) is 13.1. The number of carbonyl (C=O) groups is 1. The van der Waals surface area contributed by atoms with E-state index in [-0.39, 0.29) is 5.78 Å². The van der Waals surface area contributed by atoms with E-state index in [1.807, 2.05) is 6.07 Å². The van der Waals surface area contributed by atoms with Crippen LogP contribution in [0, 0.1) is 0 Å². The molecule has 94 valence electrons. The number of methoxy groups -OCH3 is 2. The fourth-order valence-electron chi connectivity index (χ4n) is 1.52. The van der Waals surface area contributed by atoms with Crippen molar-refractivity contribution in [1.82, 2.24) is 0 Å². The first-order chi connectivity index (χ1) is 8.63. The normalized spacial score (nSPS) is 10.2. The Kier molecular flexibility index (Phi) is 4.04. The van der Waals surface area contributed by atoms with Crippen LogP contribution in [0.3, 0.4) is 0 Å². The van der Waals surface area contributed by atoms with Gasteiger partial charge >= 0.3 is 0 Å². The highest BCUT2D eigenvalue weighted by Crippen LogP contribution is 2.28. The maximum absolute atomic E-state index is 12.3. The molecule has 3 nitrogen and oxygen atoms in total. The standard InChI is InChI=1S/C13H11BrO3S/c1-16-9-5-8(6-10(7-9)17-2)13(15)11-3-4-12(14)18-11/h3-7H,1-2H3. The maximum atomic E-state index is 12.3. The topological polar surface area (TPSA) is 35.5 Å². The van der Waals surface area contributed by atoms with Gasteiger partial charge in [0.05, 0.1) is 22.9 Å². The van der Waals surface area contributed by atoms with E-state index in [4.69, 9.17) is 9.47 Å². The molecule has 2 rings (SSSR count). The van der Waals surface area contributed by atoms with Gasteiger partial charge in [-0.2, -0.15) is 0 Å². The number of carbonyl (C=O) groups excluding carboxylic acids is 1. The van der Waals surface area contributed by atoms with Gasteiger partial charge in [0.1, 0.15) is 11.5 Å². The minimum absolute atomic E-state index is 0.0390. The number of hydrogen-bond donors (Lipinski definition) is 0. The number of hydrogen-bond acceptors (Lipinski definition) is 4. The van der Waals surface area contributed by atoms with Crippen LogP contribution in [0.4, 0.5) is 0 Å². The van der Waals surface area contributed by atoms with E-state index in [1.54, 1.807) is 38.5 Å². The lowest BCUT2D eigenvalue weighted by Crippen LogP contribution is -2.00. The maximum Gasteiger partial charge on any atom is 0.203 e. The summed E-state index contributed by atoms with van der Waals surface area (Å²) in [6.07, 6.45) is 0. The van der Waals surface area contributed by atoms with E-state index in [1.165, 1.54) is 11.3 Å². The molecule has 0 aliphatic heterocycles. The highest BCUT2D eigenvalue weighted by atomic mass is 79.9. The van der Waals surface area contributed by atoms with E-state index in [2.05, 4.69) is 15.9 Å². The van der Waals surface area contributed by atoms with Gasteiger partial charge in [0.15, 0.2) is 0 Å². The Hall–Kier alpha value is -1.33. The molecule has 5 heteroatoms. The second-order valence-electron chi connectivity index (χ2n) is 3.53. The van der Waals surface area contributed by atoms with E-state index < -0.39 is 0 Å². The molecule has 1 heterocycles. The van der Waals surface area contributed by atoms with Crippen molar-refractivity contribution in [2.45, 2.75) is 0 Å². The van der Waals surface area contributed by atoms with Crippen LogP contribution in [0.15, 0.2) is 34.1 Å². The van der Waals surface area contributed by atoms with Gasteiger partial charge in [-0.05, 0) is 40.2 Å². The summed E-state index contributed by atoms with van der Waals surface area (Å²) in [6.45, 7) is 0. The molecule has 0 saturated carbocycles. The average molecular weight is 327 g/mol. The molecular formula is C13H11BrO3S. The van der Waals surface area contributed by atoms with E-state index in [0.29, 0.717) is 21.9 Å². The molecule has 0 amide bonds. The summed E-state index contributed by atoms with van der Waals surface area (Å²) in [5, 5.41) is 0. The lowest BCUT2D eigenvalue weighted by molar-refractivity contribution is 0.104. The number of ketones is 1. The SMILES string of the molecule is COc1cc(OC)cc(C(=O)c2ccc(Br)s2)c1. The second kappa shape index (κ2) is 5.54. The largest absolute Gasteiger partial charge is 0.497 e. The van der Waals surface area contributed by atoms with Crippen molar-refractivity contribution in [3.05, 3.63) is 44.6 Å². The van der Waals surface area contributed by atoms with Crippen LogP contribution < -0.4 is 9.47 Å². The molecule has 0 fully saturated rings. The molecule has 0 radical (unpaired) electrons. The summed E-state index contributed by atoms with van der Waals surface area (Å²) in [7, 11) is 3.12. The van der Waals surface area contributed by atoms with Crippen molar-refractivity contribution in [1.29, 1.82) is 0 Å². The van der Waals surface area contributed by atoms with Crippen molar-refractivity contribution in [2.24, 2.45) is 0 Å². The lowest BCUT2D eigenvalue weighted by atomic mass is 10.1. The van der Waals surface area contributed by atoms with Gasteiger partial charge in [-0.15, -0.1) is 11.3 Å². The minimum atomic E-state index is -0.0390. The third-order valence-electron chi connectivity index (χ3n) is 2.41. The van der Waals surface area contributed by atoms with Crippen molar-refractivity contribution in [3.8, 4) is 11.5 Å². The summed E-state index contributed by atoms with van der Waals surface area (Å²) in [5.74, 6) is 1.17. The van der Waals surface area contributed by atoms with Gasteiger partial charge < -0.3 is 9.47 Å². The molecule has 0 atom stereocenters. The molecular weight excluding hydrogens is 316 g/mol. The predicted octanol–water partition coefficient (Wildman–Crippen LogP) is 3.76. The molecule has 0 unspecified atom stereocenters. The van der Waals surface area contributed by atoms with Gasteiger partial charge in [0.25, 0.3) is 0 Å². The van der Waals surface area contributed by atoms with Gasteiger partial charge in [-0.3, -0.25) is 4.79 Å². The first-order valence-electron chi connectivity index (χ1n) is 5.17. The van der Waals surface area contributed by atoms with Crippen molar-refractivity contribution in [3.63, 3.8) is 0 Å². The van der Waals surface area contributed by atoms with Crippen LogP contribution in [0.1, 0.15) is 15.2 Å². The second-order valence-corrected chi connectivity index (χ2v) is 6.00. The Bertz CT molecular complexity index is 555. The highest BCUT2D eigenvalue weighted by molar-refractivity contribution is 9.11. The Morgan fingerprint density at radius 2 is 1.72 bits per heavy atom. The van der Waals surface area contributed by atoms with Crippen LogP contribution in [0.2, 0.25) is 0 Å². The Morgan fingerprint density at radius 3 is 2.17 bits per heavy atom. The smallest absolute Gasteiger partial charge is 0.203 e. The number of halogens is 1. The number of benzene rings is 1. The molecule has 2 aromatic rings. The molecule has 18 heavy (non-hydrogen) atoms. The van der Waals surface area contributed by atoms with E-state index >= 15 is 0 Å². The minimum Gasteiger partial charge on any atom is -0.497 e. The van der Waals surface area contributed by atoms with Crippen LogP contribution in [-0.4, -0.2) is 20.0 Å². The number of rotatable bonds is 4. The molecule has 0 N–H and O–H groups in total. The van der Waals surface area contributed by atoms with Crippen molar-refractivity contribution in [2.75, 3.05) is 14.2 Å². The fraction of sp³-hybridized carbons (Fsp3) is 0.154. The molecule has 0 saturated heterocycles. The Labute approximate surface area is 117 Å².